The Kier molecular flexibility index (Phi) is 5.08. The number of thioether (sulfide) groups is 1. The highest BCUT2D eigenvalue weighted by atomic mass is 32.2. The van der Waals surface area contributed by atoms with E-state index in [9.17, 15) is 9.18 Å². The van der Waals surface area contributed by atoms with Gasteiger partial charge in [-0.05, 0) is 66.4 Å². The molecule has 4 rings (SSSR count). The molecule has 0 fully saturated rings. The predicted molar refractivity (Wildman–Crippen MR) is 114 cm³/mol. The van der Waals surface area contributed by atoms with Gasteiger partial charge in [-0.3, -0.25) is 9.36 Å². The molecule has 0 N–H and O–H groups in total. The zero-order valence-electron chi connectivity index (χ0n) is 15.2. The summed E-state index contributed by atoms with van der Waals surface area (Å²) in [6, 6.07) is 21.3. The van der Waals surface area contributed by atoms with Crippen molar-refractivity contribution in [3.63, 3.8) is 0 Å². The quantitative estimate of drug-likeness (QED) is 0.438. The van der Waals surface area contributed by atoms with Gasteiger partial charge in [-0.2, -0.15) is 0 Å². The summed E-state index contributed by atoms with van der Waals surface area (Å²) in [6.07, 6.45) is 5.61. The van der Waals surface area contributed by atoms with Gasteiger partial charge >= 0.3 is 0 Å². The van der Waals surface area contributed by atoms with Gasteiger partial charge in [0.15, 0.2) is 0 Å². The molecule has 0 aliphatic heterocycles. The van der Waals surface area contributed by atoms with E-state index in [-0.39, 0.29) is 11.4 Å². The summed E-state index contributed by atoms with van der Waals surface area (Å²) in [5.74, 6) is 0.233. The third-order valence-corrected chi connectivity index (χ3v) is 5.17. The first-order valence-corrected chi connectivity index (χ1v) is 9.98. The van der Waals surface area contributed by atoms with Crippen LogP contribution in [-0.4, -0.2) is 15.8 Å². The van der Waals surface area contributed by atoms with Gasteiger partial charge < -0.3 is 0 Å². The molecule has 0 unspecified atom stereocenters. The lowest BCUT2D eigenvalue weighted by atomic mass is 10.2. The molecule has 0 aliphatic rings. The Balaban J connectivity index is 1.89. The predicted octanol–water partition coefficient (Wildman–Crippen LogP) is 5.42. The second-order valence-electron chi connectivity index (χ2n) is 6.21. The van der Waals surface area contributed by atoms with E-state index < -0.39 is 0 Å². The number of rotatable bonds is 4. The van der Waals surface area contributed by atoms with Gasteiger partial charge in [0.25, 0.3) is 5.56 Å². The Morgan fingerprint density at radius 2 is 1.64 bits per heavy atom. The van der Waals surface area contributed by atoms with Crippen LogP contribution in [0, 0.1) is 5.82 Å². The highest BCUT2D eigenvalue weighted by molar-refractivity contribution is 7.98. The van der Waals surface area contributed by atoms with Crippen molar-refractivity contribution in [2.75, 3.05) is 6.26 Å². The Hall–Kier alpha value is -3.18. The monoisotopic (exact) mass is 388 g/mol. The van der Waals surface area contributed by atoms with Crippen molar-refractivity contribution in [2.24, 2.45) is 0 Å². The first kappa shape index (κ1) is 18.2. The molecule has 138 valence electrons. The van der Waals surface area contributed by atoms with Crippen molar-refractivity contribution < 1.29 is 4.39 Å². The van der Waals surface area contributed by atoms with E-state index in [1.165, 1.54) is 12.1 Å². The molecule has 1 aromatic heterocycles. The molecule has 3 nitrogen and oxygen atoms in total. The summed E-state index contributed by atoms with van der Waals surface area (Å²) in [6.45, 7) is 0. The molecule has 1 heterocycles. The maximum atomic E-state index is 13.2. The fraction of sp³-hybridized carbons (Fsp3) is 0.0435. The van der Waals surface area contributed by atoms with Crippen molar-refractivity contribution in [1.29, 1.82) is 0 Å². The van der Waals surface area contributed by atoms with E-state index in [0.29, 0.717) is 16.7 Å². The van der Waals surface area contributed by atoms with Gasteiger partial charge in [0, 0.05) is 4.90 Å². The van der Waals surface area contributed by atoms with E-state index in [0.717, 1.165) is 16.1 Å². The van der Waals surface area contributed by atoms with Crippen LogP contribution >= 0.6 is 11.8 Å². The number of para-hydroxylation sites is 1. The number of halogens is 1. The molecule has 5 heteroatoms. The van der Waals surface area contributed by atoms with Crippen molar-refractivity contribution in [3.05, 3.63) is 100 Å². The topological polar surface area (TPSA) is 34.9 Å². The van der Waals surface area contributed by atoms with Crippen LogP contribution in [0.4, 0.5) is 4.39 Å². The number of aromatic nitrogens is 2. The lowest BCUT2D eigenvalue weighted by Gasteiger charge is -2.12. The van der Waals surface area contributed by atoms with E-state index in [1.54, 1.807) is 40.6 Å². The largest absolute Gasteiger partial charge is 0.268 e. The molecule has 0 spiro atoms. The molecule has 0 atom stereocenters. The molecular formula is C23H17FN2OS. The van der Waals surface area contributed by atoms with Gasteiger partial charge in [-0.1, -0.05) is 30.3 Å². The van der Waals surface area contributed by atoms with Crippen LogP contribution in [0.3, 0.4) is 0 Å². The molecule has 0 aliphatic carbocycles. The average molecular weight is 388 g/mol. The van der Waals surface area contributed by atoms with Crippen LogP contribution in [0.2, 0.25) is 0 Å². The molecular weight excluding hydrogens is 371 g/mol. The SMILES string of the molecule is CSc1ccc(-n2c(/C=C/c3ccc(F)cc3)nc3ccccc3c2=O)cc1. The second kappa shape index (κ2) is 7.82. The van der Waals surface area contributed by atoms with E-state index >= 15 is 0 Å². The van der Waals surface area contributed by atoms with Crippen LogP contribution in [0.15, 0.2) is 82.5 Å². The maximum absolute atomic E-state index is 13.2. The molecule has 0 radical (unpaired) electrons. The first-order chi connectivity index (χ1) is 13.7. The van der Waals surface area contributed by atoms with Gasteiger partial charge in [0.2, 0.25) is 0 Å². The smallest absolute Gasteiger partial charge is 0.266 e. The lowest BCUT2D eigenvalue weighted by Crippen LogP contribution is -2.22. The summed E-state index contributed by atoms with van der Waals surface area (Å²) >= 11 is 1.64. The van der Waals surface area contributed by atoms with Gasteiger partial charge in [0.1, 0.15) is 11.6 Å². The summed E-state index contributed by atoms with van der Waals surface area (Å²) in [4.78, 5) is 19.0. The van der Waals surface area contributed by atoms with E-state index in [1.807, 2.05) is 54.8 Å². The average Bonchev–Trinajstić information content (AvgIpc) is 2.74. The number of nitrogens with zero attached hydrogens (tertiary/aromatic N) is 2. The van der Waals surface area contributed by atoms with Crippen molar-refractivity contribution in [3.8, 4) is 5.69 Å². The molecule has 3 aromatic carbocycles. The lowest BCUT2D eigenvalue weighted by molar-refractivity contribution is 0.628. The van der Waals surface area contributed by atoms with Gasteiger partial charge in [-0.15, -0.1) is 11.8 Å². The fourth-order valence-corrected chi connectivity index (χ4v) is 3.40. The fourth-order valence-electron chi connectivity index (χ4n) is 2.99. The van der Waals surface area contributed by atoms with Crippen LogP contribution < -0.4 is 5.56 Å². The Labute approximate surface area is 166 Å². The van der Waals surface area contributed by atoms with E-state index in [2.05, 4.69) is 4.98 Å². The third kappa shape index (κ3) is 3.62. The zero-order valence-corrected chi connectivity index (χ0v) is 16.0. The second-order valence-corrected chi connectivity index (χ2v) is 7.09. The first-order valence-electron chi connectivity index (χ1n) is 8.75. The van der Waals surface area contributed by atoms with Crippen LogP contribution in [-0.2, 0) is 0 Å². The molecule has 0 bridgehead atoms. The Morgan fingerprint density at radius 1 is 0.929 bits per heavy atom. The Bertz CT molecular complexity index is 1210. The van der Waals surface area contributed by atoms with Crippen LogP contribution in [0.1, 0.15) is 11.4 Å². The molecule has 4 aromatic rings. The minimum Gasteiger partial charge on any atom is -0.268 e. The van der Waals surface area contributed by atoms with Crippen LogP contribution in [0.5, 0.6) is 0 Å². The number of benzene rings is 3. The third-order valence-electron chi connectivity index (χ3n) is 4.43. The molecule has 0 saturated heterocycles. The van der Waals surface area contributed by atoms with Gasteiger partial charge in [-0.25, -0.2) is 9.37 Å². The zero-order chi connectivity index (χ0) is 19.5. The molecule has 0 amide bonds. The van der Waals surface area contributed by atoms with Gasteiger partial charge in [0.05, 0.1) is 16.6 Å². The van der Waals surface area contributed by atoms with E-state index in [4.69, 9.17) is 0 Å². The van der Waals surface area contributed by atoms with Crippen LogP contribution in [0.25, 0.3) is 28.7 Å². The number of hydrogen-bond acceptors (Lipinski definition) is 3. The van der Waals surface area contributed by atoms with Crippen molar-refractivity contribution >= 4 is 34.8 Å². The number of fused-ring (bicyclic) bond motifs is 1. The Morgan fingerprint density at radius 3 is 2.36 bits per heavy atom. The standard InChI is InChI=1S/C23H17FN2OS/c1-28-19-13-11-18(12-14-19)26-22(15-8-16-6-9-17(24)10-7-16)25-21-5-3-2-4-20(21)23(26)27/h2-15H,1H3/b15-8+. The summed E-state index contributed by atoms with van der Waals surface area (Å²) in [5, 5.41) is 0.565. The molecule has 0 saturated carbocycles. The molecule has 28 heavy (non-hydrogen) atoms. The summed E-state index contributed by atoms with van der Waals surface area (Å²) in [5.41, 5.74) is 2.09. The minimum absolute atomic E-state index is 0.124. The summed E-state index contributed by atoms with van der Waals surface area (Å²) < 4.78 is 14.7. The highest BCUT2D eigenvalue weighted by Gasteiger charge is 2.11. The minimum atomic E-state index is -0.285. The normalized spacial score (nSPS) is 11.4. The summed E-state index contributed by atoms with van der Waals surface area (Å²) in [7, 11) is 0. The highest BCUT2D eigenvalue weighted by Crippen LogP contribution is 2.19. The number of hydrogen-bond donors (Lipinski definition) is 0. The maximum Gasteiger partial charge on any atom is 0.266 e. The van der Waals surface area contributed by atoms with Crippen molar-refractivity contribution in [2.45, 2.75) is 4.90 Å². The van der Waals surface area contributed by atoms with Crippen molar-refractivity contribution in [1.82, 2.24) is 9.55 Å².